The molecule has 0 radical (unpaired) electrons. The summed E-state index contributed by atoms with van der Waals surface area (Å²) in [5.74, 6) is 0.888. The number of H-pyrrole nitrogens is 1. The van der Waals surface area contributed by atoms with Gasteiger partial charge in [-0.25, -0.2) is 0 Å². The third-order valence-corrected chi connectivity index (χ3v) is 5.08. The zero-order valence-electron chi connectivity index (χ0n) is 11.9. The molecule has 0 unspecified atom stereocenters. The number of fused-ring (bicyclic) bond motifs is 5. The Balaban J connectivity index is 1.83. The van der Waals surface area contributed by atoms with Gasteiger partial charge in [0.2, 0.25) is 5.91 Å². The smallest absolute Gasteiger partial charge is 0.223 e. The summed E-state index contributed by atoms with van der Waals surface area (Å²) in [4.78, 5) is 18.0. The van der Waals surface area contributed by atoms with Crippen LogP contribution in [0.15, 0.2) is 24.3 Å². The molecule has 0 spiro atoms. The summed E-state index contributed by atoms with van der Waals surface area (Å²) in [6.45, 7) is 3.08. The fourth-order valence-corrected chi connectivity index (χ4v) is 3.94. The van der Waals surface area contributed by atoms with Gasteiger partial charge in [0.05, 0.1) is 6.04 Å². The van der Waals surface area contributed by atoms with Crippen molar-refractivity contribution in [3.8, 4) is 0 Å². The van der Waals surface area contributed by atoms with Gasteiger partial charge in [-0.3, -0.25) is 4.79 Å². The molecule has 4 rings (SSSR count). The molecule has 3 heteroatoms. The van der Waals surface area contributed by atoms with Gasteiger partial charge in [0, 0.05) is 29.6 Å². The van der Waals surface area contributed by atoms with Gasteiger partial charge < -0.3 is 9.88 Å². The monoisotopic (exact) mass is 268 g/mol. The largest absolute Gasteiger partial charge is 0.356 e. The summed E-state index contributed by atoms with van der Waals surface area (Å²) in [6, 6.07) is 8.78. The SMILES string of the molecule is CC[C@@H]1CC(=O)N2CCc3c([nH]c4ccccc34)[C@H]2C1. The Morgan fingerprint density at radius 2 is 2.20 bits per heavy atom. The third kappa shape index (κ3) is 1.62. The zero-order chi connectivity index (χ0) is 13.7. The van der Waals surface area contributed by atoms with Crippen LogP contribution >= 0.6 is 0 Å². The van der Waals surface area contributed by atoms with Gasteiger partial charge in [0.1, 0.15) is 0 Å². The molecule has 1 aromatic heterocycles. The minimum atomic E-state index is 0.275. The number of hydrogen-bond donors (Lipinski definition) is 1. The number of rotatable bonds is 1. The zero-order valence-corrected chi connectivity index (χ0v) is 11.9. The second kappa shape index (κ2) is 4.37. The van der Waals surface area contributed by atoms with E-state index in [0.29, 0.717) is 11.8 Å². The molecule has 104 valence electrons. The molecule has 20 heavy (non-hydrogen) atoms. The normalized spacial score (nSPS) is 25.6. The van der Waals surface area contributed by atoms with Crippen molar-refractivity contribution in [2.45, 2.75) is 38.6 Å². The lowest BCUT2D eigenvalue weighted by molar-refractivity contribution is -0.139. The molecule has 1 N–H and O–H groups in total. The van der Waals surface area contributed by atoms with Crippen LogP contribution in [0.2, 0.25) is 0 Å². The number of carbonyl (C=O) groups is 1. The van der Waals surface area contributed by atoms with Gasteiger partial charge >= 0.3 is 0 Å². The van der Waals surface area contributed by atoms with Gasteiger partial charge in [0.25, 0.3) is 0 Å². The van der Waals surface area contributed by atoms with E-state index in [0.717, 1.165) is 32.2 Å². The molecule has 2 aromatic rings. The molecule has 1 saturated heterocycles. The van der Waals surface area contributed by atoms with Crippen LogP contribution in [0.25, 0.3) is 10.9 Å². The Bertz CT molecular complexity index is 673. The van der Waals surface area contributed by atoms with Crippen molar-refractivity contribution >= 4 is 16.8 Å². The maximum absolute atomic E-state index is 12.3. The maximum Gasteiger partial charge on any atom is 0.223 e. The maximum atomic E-state index is 12.3. The predicted octanol–water partition coefficient (Wildman–Crippen LogP) is 3.41. The molecule has 2 aliphatic heterocycles. The lowest BCUT2D eigenvalue weighted by Gasteiger charge is -2.42. The summed E-state index contributed by atoms with van der Waals surface area (Å²) in [5.41, 5.74) is 3.95. The molecule has 3 nitrogen and oxygen atoms in total. The molecule has 2 atom stereocenters. The summed E-state index contributed by atoms with van der Waals surface area (Å²) >= 11 is 0. The number of nitrogens with zero attached hydrogens (tertiary/aromatic N) is 1. The van der Waals surface area contributed by atoms with E-state index in [1.807, 2.05) is 0 Å². The molecule has 0 saturated carbocycles. The highest BCUT2D eigenvalue weighted by Gasteiger charge is 2.38. The van der Waals surface area contributed by atoms with Crippen molar-refractivity contribution in [1.82, 2.24) is 9.88 Å². The quantitative estimate of drug-likeness (QED) is 0.845. The first kappa shape index (κ1) is 12.0. The fraction of sp³-hybridized carbons (Fsp3) is 0.471. The minimum absolute atomic E-state index is 0.275. The first-order valence-electron chi connectivity index (χ1n) is 7.67. The van der Waals surface area contributed by atoms with Crippen LogP contribution in [0.5, 0.6) is 0 Å². The van der Waals surface area contributed by atoms with Crippen LogP contribution < -0.4 is 0 Å². The Morgan fingerprint density at radius 1 is 1.35 bits per heavy atom. The minimum Gasteiger partial charge on any atom is -0.356 e. The molecule has 1 amide bonds. The Kier molecular flexibility index (Phi) is 2.62. The van der Waals surface area contributed by atoms with Gasteiger partial charge in [-0.2, -0.15) is 0 Å². The average molecular weight is 268 g/mol. The molecule has 3 heterocycles. The second-order valence-electron chi connectivity index (χ2n) is 6.13. The average Bonchev–Trinajstić information content (AvgIpc) is 2.86. The summed E-state index contributed by atoms with van der Waals surface area (Å²) in [6.07, 6.45) is 3.94. The van der Waals surface area contributed by atoms with Crippen molar-refractivity contribution in [1.29, 1.82) is 0 Å². The number of aromatic amines is 1. The molecule has 0 aliphatic carbocycles. The van der Waals surface area contributed by atoms with E-state index < -0.39 is 0 Å². The number of benzene rings is 1. The van der Waals surface area contributed by atoms with Gasteiger partial charge in [0.15, 0.2) is 0 Å². The first-order chi connectivity index (χ1) is 9.78. The van der Waals surface area contributed by atoms with Crippen LogP contribution in [0, 0.1) is 5.92 Å². The molecular formula is C17H20N2O. The van der Waals surface area contributed by atoms with Crippen molar-refractivity contribution < 1.29 is 4.79 Å². The highest BCUT2D eigenvalue weighted by molar-refractivity contribution is 5.86. The van der Waals surface area contributed by atoms with Crippen LogP contribution in [0.1, 0.15) is 43.5 Å². The number of piperidine rings is 1. The van der Waals surface area contributed by atoms with Crippen molar-refractivity contribution in [3.05, 3.63) is 35.5 Å². The Morgan fingerprint density at radius 3 is 3.05 bits per heavy atom. The van der Waals surface area contributed by atoms with Crippen LogP contribution in [-0.4, -0.2) is 22.3 Å². The van der Waals surface area contributed by atoms with Crippen molar-refractivity contribution in [3.63, 3.8) is 0 Å². The molecule has 1 fully saturated rings. The number of amides is 1. The predicted molar refractivity (Wildman–Crippen MR) is 79.5 cm³/mol. The van der Waals surface area contributed by atoms with Gasteiger partial charge in [-0.05, 0) is 30.4 Å². The molecule has 2 aliphatic rings. The standard InChI is InChI=1S/C17H20N2O/c1-2-11-9-15-17-13(7-8-19(15)16(20)10-11)12-5-3-4-6-14(12)18-17/h3-6,11,15,18H,2,7-10H2,1H3/t11-,15+/m0/s1. The van der Waals surface area contributed by atoms with E-state index in [1.165, 1.54) is 22.2 Å². The molecular weight excluding hydrogens is 248 g/mol. The second-order valence-corrected chi connectivity index (χ2v) is 6.13. The van der Waals surface area contributed by atoms with Crippen LogP contribution in [-0.2, 0) is 11.2 Å². The number of carbonyl (C=O) groups excluding carboxylic acids is 1. The summed E-state index contributed by atoms with van der Waals surface area (Å²) in [7, 11) is 0. The number of aromatic nitrogens is 1. The van der Waals surface area contributed by atoms with Crippen LogP contribution in [0.3, 0.4) is 0 Å². The van der Waals surface area contributed by atoms with Gasteiger partial charge in [-0.15, -0.1) is 0 Å². The van der Waals surface area contributed by atoms with E-state index in [-0.39, 0.29) is 6.04 Å². The highest BCUT2D eigenvalue weighted by Crippen LogP contribution is 2.42. The van der Waals surface area contributed by atoms with E-state index in [9.17, 15) is 4.79 Å². The topological polar surface area (TPSA) is 36.1 Å². The molecule has 0 bridgehead atoms. The first-order valence-corrected chi connectivity index (χ1v) is 7.67. The number of nitrogens with one attached hydrogen (secondary N) is 1. The van der Waals surface area contributed by atoms with Crippen molar-refractivity contribution in [2.24, 2.45) is 5.92 Å². The highest BCUT2D eigenvalue weighted by atomic mass is 16.2. The number of hydrogen-bond acceptors (Lipinski definition) is 1. The number of para-hydroxylation sites is 1. The molecule has 1 aromatic carbocycles. The van der Waals surface area contributed by atoms with E-state index in [4.69, 9.17) is 0 Å². The van der Waals surface area contributed by atoms with E-state index in [1.54, 1.807) is 0 Å². The summed E-state index contributed by atoms with van der Waals surface area (Å²) < 4.78 is 0. The lowest BCUT2D eigenvalue weighted by Crippen LogP contribution is -2.45. The summed E-state index contributed by atoms with van der Waals surface area (Å²) in [5, 5.41) is 1.34. The van der Waals surface area contributed by atoms with Gasteiger partial charge in [-0.1, -0.05) is 31.5 Å². The van der Waals surface area contributed by atoms with Crippen molar-refractivity contribution in [2.75, 3.05) is 6.54 Å². The van der Waals surface area contributed by atoms with E-state index in [2.05, 4.69) is 41.1 Å². The Hall–Kier alpha value is -1.77. The fourth-order valence-electron chi connectivity index (χ4n) is 3.94. The Labute approximate surface area is 119 Å². The third-order valence-electron chi connectivity index (χ3n) is 5.08. The van der Waals surface area contributed by atoms with Crippen LogP contribution in [0.4, 0.5) is 0 Å². The lowest BCUT2D eigenvalue weighted by atomic mass is 9.83. The van der Waals surface area contributed by atoms with E-state index >= 15 is 0 Å².